The zero-order chi connectivity index (χ0) is 14.7. The van der Waals surface area contributed by atoms with Crippen molar-refractivity contribution < 1.29 is 4.52 Å². The number of halogens is 2. The second-order valence-corrected chi connectivity index (χ2v) is 5.49. The van der Waals surface area contributed by atoms with Crippen LogP contribution in [0, 0.1) is 0 Å². The molecule has 2 rings (SSSR count). The molecule has 0 radical (unpaired) electrons. The Bertz CT molecular complexity index is 582. The van der Waals surface area contributed by atoms with E-state index >= 15 is 0 Å². The molecule has 2 unspecified atom stereocenters. The zero-order valence-corrected chi connectivity index (χ0v) is 13.2. The number of nitrogens with one attached hydrogen (secondary N) is 1. The van der Waals surface area contributed by atoms with Crippen molar-refractivity contribution in [3.8, 4) is 11.4 Å². The number of benzene rings is 1. The number of hydrogen-bond donors (Lipinski definition) is 1. The molecule has 108 valence electrons. The van der Waals surface area contributed by atoms with Crippen LogP contribution in [0.1, 0.15) is 32.1 Å². The van der Waals surface area contributed by atoms with Crippen LogP contribution in [0.25, 0.3) is 11.4 Å². The predicted molar refractivity (Wildman–Crippen MR) is 81.3 cm³/mol. The molecule has 0 aliphatic carbocycles. The van der Waals surface area contributed by atoms with Crippen molar-refractivity contribution in [2.45, 2.75) is 32.2 Å². The molecule has 20 heavy (non-hydrogen) atoms. The fraction of sp³-hybridized carbons (Fsp3) is 0.429. The molecule has 1 heterocycles. The summed E-state index contributed by atoms with van der Waals surface area (Å²) in [6.45, 7) is 4.19. The Hall–Kier alpha value is -1.10. The average molecular weight is 314 g/mol. The third kappa shape index (κ3) is 3.14. The maximum atomic E-state index is 6.00. The van der Waals surface area contributed by atoms with Gasteiger partial charge in [0.15, 0.2) is 0 Å². The summed E-state index contributed by atoms with van der Waals surface area (Å²) in [5, 5.41) is 8.25. The molecule has 0 aliphatic heterocycles. The number of hydrogen-bond acceptors (Lipinski definition) is 4. The van der Waals surface area contributed by atoms with Crippen LogP contribution in [-0.2, 0) is 0 Å². The Labute approximate surface area is 128 Å². The van der Waals surface area contributed by atoms with Gasteiger partial charge in [-0.2, -0.15) is 4.98 Å². The lowest BCUT2D eigenvalue weighted by Crippen LogP contribution is -2.30. The van der Waals surface area contributed by atoms with Crippen molar-refractivity contribution in [1.29, 1.82) is 0 Å². The van der Waals surface area contributed by atoms with Crippen LogP contribution in [0.15, 0.2) is 22.7 Å². The van der Waals surface area contributed by atoms with E-state index in [1.807, 2.05) is 13.1 Å². The molecule has 1 aromatic carbocycles. The summed E-state index contributed by atoms with van der Waals surface area (Å²) < 4.78 is 5.36. The molecule has 0 spiro atoms. The minimum Gasteiger partial charge on any atom is -0.339 e. The van der Waals surface area contributed by atoms with Gasteiger partial charge in [-0.25, -0.2) is 0 Å². The van der Waals surface area contributed by atoms with Gasteiger partial charge in [0.25, 0.3) is 0 Å². The lowest BCUT2D eigenvalue weighted by molar-refractivity contribution is 0.326. The second kappa shape index (κ2) is 6.57. The fourth-order valence-corrected chi connectivity index (χ4v) is 2.45. The van der Waals surface area contributed by atoms with E-state index in [0.29, 0.717) is 27.8 Å². The second-order valence-electron chi connectivity index (χ2n) is 4.68. The van der Waals surface area contributed by atoms with Gasteiger partial charge < -0.3 is 9.84 Å². The van der Waals surface area contributed by atoms with Crippen LogP contribution in [-0.4, -0.2) is 23.2 Å². The molecule has 0 fully saturated rings. The zero-order valence-electron chi connectivity index (χ0n) is 11.7. The highest BCUT2D eigenvalue weighted by molar-refractivity contribution is 6.42. The van der Waals surface area contributed by atoms with E-state index in [-0.39, 0.29) is 5.92 Å². The highest BCUT2D eigenvalue weighted by Crippen LogP contribution is 2.28. The van der Waals surface area contributed by atoms with E-state index in [4.69, 9.17) is 27.7 Å². The normalized spacial score (nSPS) is 14.2. The smallest absolute Gasteiger partial charge is 0.231 e. The summed E-state index contributed by atoms with van der Waals surface area (Å²) in [5.41, 5.74) is 0.791. The van der Waals surface area contributed by atoms with E-state index in [1.54, 1.807) is 12.1 Å². The topological polar surface area (TPSA) is 51.0 Å². The van der Waals surface area contributed by atoms with Gasteiger partial charge in [-0.05, 0) is 31.7 Å². The van der Waals surface area contributed by atoms with Gasteiger partial charge in [0, 0.05) is 11.6 Å². The SMILES string of the molecule is CCC(NC)C(C)c1nc(-c2ccc(Cl)c(Cl)c2)no1. The summed E-state index contributed by atoms with van der Waals surface area (Å²) in [7, 11) is 1.93. The summed E-state index contributed by atoms with van der Waals surface area (Å²) in [4.78, 5) is 4.45. The molecule has 0 saturated heterocycles. The fourth-order valence-electron chi connectivity index (χ4n) is 2.15. The van der Waals surface area contributed by atoms with Crippen LogP contribution in [0.4, 0.5) is 0 Å². The van der Waals surface area contributed by atoms with Gasteiger partial charge in [-0.1, -0.05) is 42.2 Å². The van der Waals surface area contributed by atoms with Crippen molar-refractivity contribution >= 4 is 23.2 Å². The van der Waals surface area contributed by atoms with E-state index in [0.717, 1.165) is 12.0 Å². The Morgan fingerprint density at radius 3 is 2.65 bits per heavy atom. The summed E-state index contributed by atoms with van der Waals surface area (Å²) in [5.74, 6) is 1.29. The Kier molecular flexibility index (Phi) is 5.02. The van der Waals surface area contributed by atoms with Gasteiger partial charge in [0.1, 0.15) is 0 Å². The summed E-state index contributed by atoms with van der Waals surface area (Å²) in [6.07, 6.45) is 0.988. The summed E-state index contributed by atoms with van der Waals surface area (Å²) in [6, 6.07) is 5.58. The minimum atomic E-state index is 0.147. The van der Waals surface area contributed by atoms with Gasteiger partial charge in [-0.3, -0.25) is 0 Å². The van der Waals surface area contributed by atoms with Gasteiger partial charge in [-0.15, -0.1) is 0 Å². The maximum absolute atomic E-state index is 6.00. The van der Waals surface area contributed by atoms with Crippen molar-refractivity contribution in [2.75, 3.05) is 7.05 Å². The largest absolute Gasteiger partial charge is 0.339 e. The van der Waals surface area contributed by atoms with Crippen molar-refractivity contribution in [3.05, 3.63) is 34.1 Å². The molecule has 1 N–H and O–H groups in total. The van der Waals surface area contributed by atoms with Crippen molar-refractivity contribution in [1.82, 2.24) is 15.5 Å². The van der Waals surface area contributed by atoms with Crippen LogP contribution in [0.2, 0.25) is 10.0 Å². The molecular formula is C14H17Cl2N3O. The highest BCUT2D eigenvalue weighted by atomic mass is 35.5. The van der Waals surface area contributed by atoms with Crippen LogP contribution in [0.5, 0.6) is 0 Å². The highest BCUT2D eigenvalue weighted by Gasteiger charge is 2.22. The lowest BCUT2D eigenvalue weighted by atomic mass is 10.00. The first-order valence-electron chi connectivity index (χ1n) is 6.53. The van der Waals surface area contributed by atoms with E-state index < -0.39 is 0 Å². The van der Waals surface area contributed by atoms with E-state index in [9.17, 15) is 0 Å². The Morgan fingerprint density at radius 2 is 2.05 bits per heavy atom. The molecule has 0 amide bonds. The standard InChI is InChI=1S/C14H17Cl2N3O/c1-4-12(17-3)8(2)14-18-13(19-20-14)9-5-6-10(15)11(16)7-9/h5-8,12,17H,4H2,1-3H3. The molecule has 2 atom stereocenters. The number of aromatic nitrogens is 2. The van der Waals surface area contributed by atoms with Gasteiger partial charge in [0.05, 0.1) is 16.0 Å². The molecule has 0 aliphatic rings. The molecule has 2 aromatic rings. The van der Waals surface area contributed by atoms with Crippen LogP contribution < -0.4 is 5.32 Å². The van der Waals surface area contributed by atoms with Gasteiger partial charge in [0.2, 0.25) is 11.7 Å². The Morgan fingerprint density at radius 1 is 1.30 bits per heavy atom. The third-order valence-electron chi connectivity index (χ3n) is 3.42. The lowest BCUT2D eigenvalue weighted by Gasteiger charge is -2.18. The van der Waals surface area contributed by atoms with E-state index in [2.05, 4.69) is 29.3 Å². The average Bonchev–Trinajstić information content (AvgIpc) is 2.93. The third-order valence-corrected chi connectivity index (χ3v) is 4.16. The maximum Gasteiger partial charge on any atom is 0.231 e. The first-order chi connectivity index (χ1) is 9.56. The minimum absolute atomic E-state index is 0.147. The molecular weight excluding hydrogens is 297 g/mol. The molecule has 6 heteroatoms. The monoisotopic (exact) mass is 313 g/mol. The molecule has 0 saturated carbocycles. The predicted octanol–water partition coefficient (Wildman–Crippen LogP) is 4.14. The van der Waals surface area contributed by atoms with Crippen molar-refractivity contribution in [3.63, 3.8) is 0 Å². The number of nitrogens with zero attached hydrogens (tertiary/aromatic N) is 2. The quantitative estimate of drug-likeness (QED) is 0.901. The van der Waals surface area contributed by atoms with Gasteiger partial charge >= 0.3 is 0 Å². The van der Waals surface area contributed by atoms with Crippen LogP contribution >= 0.6 is 23.2 Å². The first kappa shape index (κ1) is 15.3. The first-order valence-corrected chi connectivity index (χ1v) is 7.28. The van der Waals surface area contributed by atoms with Crippen molar-refractivity contribution in [2.24, 2.45) is 0 Å². The number of rotatable bonds is 5. The summed E-state index contributed by atoms with van der Waals surface area (Å²) >= 11 is 11.9. The molecule has 1 aromatic heterocycles. The van der Waals surface area contributed by atoms with E-state index in [1.165, 1.54) is 0 Å². The van der Waals surface area contributed by atoms with Crippen LogP contribution in [0.3, 0.4) is 0 Å². The number of likely N-dealkylation sites (N-methyl/N-ethyl adjacent to an activating group) is 1. The molecule has 4 nitrogen and oxygen atoms in total. The Balaban J connectivity index is 2.26. The molecule has 0 bridgehead atoms.